The number of methoxy groups -OCH3 is 2. The third-order valence-corrected chi connectivity index (χ3v) is 5.88. The van der Waals surface area contributed by atoms with E-state index in [0.717, 1.165) is 5.56 Å². The van der Waals surface area contributed by atoms with Crippen molar-refractivity contribution in [3.8, 4) is 11.5 Å². The minimum Gasteiger partial charge on any atom is -0.493 e. The third kappa shape index (κ3) is 5.98. The first-order chi connectivity index (χ1) is 17.9. The third-order valence-electron chi connectivity index (χ3n) is 5.88. The van der Waals surface area contributed by atoms with Gasteiger partial charge < -0.3 is 20.1 Å². The molecule has 1 amide bonds. The van der Waals surface area contributed by atoms with Gasteiger partial charge in [0.2, 0.25) is 0 Å². The number of carbonyl (C=O) groups is 1. The van der Waals surface area contributed by atoms with Gasteiger partial charge in [-0.05, 0) is 71.7 Å². The van der Waals surface area contributed by atoms with Crippen LogP contribution >= 0.6 is 0 Å². The Morgan fingerprint density at radius 3 is 2.32 bits per heavy atom. The predicted octanol–water partition coefficient (Wildman–Crippen LogP) is 6.26. The molecule has 2 N–H and O–H groups in total. The van der Waals surface area contributed by atoms with E-state index >= 15 is 0 Å². The molecule has 5 nitrogen and oxygen atoms in total. The summed E-state index contributed by atoms with van der Waals surface area (Å²) in [6.07, 6.45) is 1.70. The fourth-order valence-corrected chi connectivity index (χ4v) is 3.98. The second kappa shape index (κ2) is 11.4. The molecule has 0 heterocycles. The summed E-state index contributed by atoms with van der Waals surface area (Å²) in [7, 11) is 3.09. The summed E-state index contributed by atoms with van der Waals surface area (Å²) in [5.74, 6) is 0.261. The monoisotopic (exact) mass is 494 g/mol. The van der Waals surface area contributed by atoms with Gasteiger partial charge in [-0.3, -0.25) is 4.79 Å². The topological polar surface area (TPSA) is 64.8 Å². The summed E-state index contributed by atoms with van der Waals surface area (Å²) in [5.41, 5.74) is 10.1. The van der Waals surface area contributed by atoms with Crippen molar-refractivity contribution in [2.75, 3.05) is 24.9 Å². The number of benzene rings is 4. The fraction of sp³-hybridized carbons (Fsp3) is 0.0968. The first-order valence-corrected chi connectivity index (χ1v) is 11.6. The molecule has 4 rings (SSSR count). The molecule has 0 bridgehead atoms. The largest absolute Gasteiger partial charge is 0.493 e. The molecule has 0 aliphatic heterocycles. The van der Waals surface area contributed by atoms with Crippen molar-refractivity contribution in [2.45, 2.75) is 6.54 Å². The number of halogens is 1. The molecule has 6 heteroatoms. The van der Waals surface area contributed by atoms with Crippen LogP contribution < -0.4 is 20.1 Å². The summed E-state index contributed by atoms with van der Waals surface area (Å²) in [5, 5.41) is 0. The Morgan fingerprint density at radius 1 is 0.919 bits per heavy atom. The van der Waals surface area contributed by atoms with Crippen molar-refractivity contribution in [2.24, 2.45) is 0 Å². The Kier molecular flexibility index (Phi) is 7.89. The van der Waals surface area contributed by atoms with E-state index in [1.807, 2.05) is 18.2 Å². The number of nitrogens with zero attached hydrogens (tertiary/aromatic N) is 1. The lowest BCUT2D eigenvalue weighted by Gasteiger charge is -2.26. The van der Waals surface area contributed by atoms with Crippen molar-refractivity contribution >= 4 is 28.9 Å². The summed E-state index contributed by atoms with van der Waals surface area (Å²) < 4.78 is 25.1. The average Bonchev–Trinajstić information content (AvgIpc) is 2.91. The van der Waals surface area contributed by atoms with E-state index in [2.05, 4.69) is 0 Å². The van der Waals surface area contributed by atoms with Crippen LogP contribution in [0.5, 0.6) is 11.5 Å². The maximum atomic E-state index is 14.3. The molecule has 0 fully saturated rings. The van der Waals surface area contributed by atoms with Gasteiger partial charge in [0.1, 0.15) is 5.82 Å². The van der Waals surface area contributed by atoms with Crippen LogP contribution in [0, 0.1) is 12.7 Å². The smallest absolute Gasteiger partial charge is 0.259 e. The zero-order valence-corrected chi connectivity index (χ0v) is 20.6. The highest BCUT2D eigenvalue weighted by atomic mass is 19.1. The second-order valence-electron chi connectivity index (χ2n) is 8.37. The molecule has 0 unspecified atom stereocenters. The molecule has 37 heavy (non-hydrogen) atoms. The van der Waals surface area contributed by atoms with Crippen LogP contribution in [-0.4, -0.2) is 20.1 Å². The lowest BCUT2D eigenvalue weighted by molar-refractivity contribution is -0.113. The number of rotatable bonds is 8. The van der Waals surface area contributed by atoms with Gasteiger partial charge in [-0.2, -0.15) is 0 Å². The minimum absolute atomic E-state index is 0.228. The van der Waals surface area contributed by atoms with Gasteiger partial charge in [0.25, 0.3) is 5.91 Å². The molecule has 0 aliphatic carbocycles. The Bertz CT molecular complexity index is 1430. The maximum Gasteiger partial charge on any atom is 0.259 e. The number of hydrogen-bond donors (Lipinski definition) is 1. The van der Waals surface area contributed by atoms with E-state index in [9.17, 15) is 9.18 Å². The number of carbonyl (C=O) groups excluding carboxylic acids is 1. The molecule has 0 atom stereocenters. The lowest BCUT2D eigenvalue weighted by Crippen LogP contribution is -2.32. The standard InChI is InChI=1S/C31H27FN2O3/c1-21-11-13-22(14-12-21)20-34(28-10-5-4-9-27(28)33)31(35)26(24-7-6-8-25(32)19-24)17-23-15-16-29(36-2)30(18-23)37-3/h1,4-19H,20,33H2,2-3H3. The summed E-state index contributed by atoms with van der Waals surface area (Å²) in [6, 6.07) is 25.6. The molecule has 0 aromatic heterocycles. The first kappa shape index (κ1) is 25.5. The quantitative estimate of drug-likeness (QED) is 0.178. The van der Waals surface area contributed by atoms with Crippen LogP contribution in [0.3, 0.4) is 0 Å². The van der Waals surface area contributed by atoms with Gasteiger partial charge in [0, 0.05) is 5.57 Å². The van der Waals surface area contributed by atoms with E-state index in [4.69, 9.17) is 22.1 Å². The van der Waals surface area contributed by atoms with Crippen LogP contribution in [0.2, 0.25) is 0 Å². The lowest BCUT2D eigenvalue weighted by atomic mass is 10.00. The van der Waals surface area contributed by atoms with Crippen LogP contribution in [0.1, 0.15) is 22.3 Å². The van der Waals surface area contributed by atoms with Gasteiger partial charge in [0.15, 0.2) is 11.5 Å². The van der Waals surface area contributed by atoms with E-state index in [1.54, 1.807) is 78.7 Å². The Labute approximate surface area is 216 Å². The van der Waals surface area contributed by atoms with Gasteiger partial charge in [-0.1, -0.05) is 54.6 Å². The normalized spacial score (nSPS) is 11.2. The highest BCUT2D eigenvalue weighted by Crippen LogP contribution is 2.32. The highest BCUT2D eigenvalue weighted by molar-refractivity contribution is 6.30. The zero-order valence-electron chi connectivity index (χ0n) is 20.6. The number of amides is 1. The number of para-hydroxylation sites is 2. The first-order valence-electron chi connectivity index (χ1n) is 11.6. The fourth-order valence-electron chi connectivity index (χ4n) is 3.98. The van der Waals surface area contributed by atoms with E-state index in [1.165, 1.54) is 19.2 Å². The molecular weight excluding hydrogens is 467 g/mol. The van der Waals surface area contributed by atoms with Crippen molar-refractivity contribution in [1.29, 1.82) is 0 Å². The molecule has 4 aromatic rings. The SMILES string of the molecule is [CH]c1ccc(CN(C(=O)C(=Cc2ccc(OC)c(OC)c2)c2cccc(F)c2)c2ccccc2N)cc1. The van der Waals surface area contributed by atoms with Crippen molar-refractivity contribution < 1.29 is 18.7 Å². The van der Waals surface area contributed by atoms with Crippen molar-refractivity contribution in [3.63, 3.8) is 0 Å². The van der Waals surface area contributed by atoms with Crippen molar-refractivity contribution in [3.05, 3.63) is 126 Å². The Balaban J connectivity index is 1.86. The highest BCUT2D eigenvalue weighted by Gasteiger charge is 2.24. The maximum absolute atomic E-state index is 14.3. The van der Waals surface area contributed by atoms with Crippen LogP contribution in [-0.2, 0) is 11.3 Å². The van der Waals surface area contributed by atoms with Gasteiger partial charge >= 0.3 is 0 Å². The van der Waals surface area contributed by atoms with E-state index in [0.29, 0.717) is 39.6 Å². The van der Waals surface area contributed by atoms with Crippen LogP contribution in [0.4, 0.5) is 15.8 Å². The molecular formula is C31H27FN2O3. The molecule has 0 spiro atoms. The van der Waals surface area contributed by atoms with E-state index in [-0.39, 0.29) is 18.0 Å². The van der Waals surface area contributed by atoms with Gasteiger partial charge in [-0.15, -0.1) is 0 Å². The van der Waals surface area contributed by atoms with Crippen LogP contribution in [0.15, 0.2) is 91.0 Å². The Morgan fingerprint density at radius 2 is 1.65 bits per heavy atom. The molecule has 0 aliphatic rings. The number of nitrogens with two attached hydrogens (primary N) is 1. The average molecular weight is 495 g/mol. The summed E-state index contributed by atoms with van der Waals surface area (Å²) >= 11 is 0. The molecule has 4 aromatic carbocycles. The Hall–Kier alpha value is -4.58. The number of anilines is 2. The zero-order chi connectivity index (χ0) is 26.4. The van der Waals surface area contributed by atoms with Crippen molar-refractivity contribution in [1.82, 2.24) is 0 Å². The number of hydrogen-bond acceptors (Lipinski definition) is 4. The van der Waals surface area contributed by atoms with Crippen LogP contribution in [0.25, 0.3) is 11.6 Å². The molecule has 186 valence electrons. The second-order valence-corrected chi connectivity index (χ2v) is 8.37. The molecule has 0 saturated heterocycles. The number of nitrogen functional groups attached to an aromatic ring is 1. The van der Waals surface area contributed by atoms with E-state index < -0.39 is 5.82 Å². The minimum atomic E-state index is -0.451. The molecule has 2 radical (unpaired) electrons. The summed E-state index contributed by atoms with van der Waals surface area (Å²) in [6.45, 7) is 6.08. The van der Waals surface area contributed by atoms with Gasteiger partial charge in [-0.25, -0.2) is 4.39 Å². The molecule has 0 saturated carbocycles. The number of ether oxygens (including phenoxy) is 2. The van der Waals surface area contributed by atoms with Gasteiger partial charge in [0.05, 0.1) is 32.1 Å². The predicted molar refractivity (Wildman–Crippen MR) is 146 cm³/mol. The summed E-state index contributed by atoms with van der Waals surface area (Å²) in [4.78, 5) is 15.8.